The average molecular weight is 313 g/mol. The number of benzene rings is 1. The molecule has 3 rings (SSSR count). The third kappa shape index (κ3) is 2.34. The summed E-state index contributed by atoms with van der Waals surface area (Å²) in [4.78, 5) is 0.868. The molecule has 0 aliphatic heterocycles. The molecule has 5 atom stereocenters. The molecule has 0 heterocycles. The highest BCUT2D eigenvalue weighted by Gasteiger charge is 2.58. The third-order valence-electron chi connectivity index (χ3n) is 5.31. The zero-order valence-corrected chi connectivity index (χ0v) is 14.1. The average Bonchev–Trinajstić information content (AvgIpc) is 3.12. The van der Waals surface area contributed by atoms with Crippen LogP contribution in [0.25, 0.3) is 0 Å². The topological polar surface area (TPSA) is 40.9 Å². The highest BCUT2D eigenvalue weighted by atomic mass is 32.2. The quantitative estimate of drug-likeness (QED) is 0.757. The van der Waals surface area contributed by atoms with Crippen LogP contribution in [0.2, 0.25) is 0 Å². The molecule has 1 fully saturated rings. The van der Waals surface area contributed by atoms with Gasteiger partial charge >= 0.3 is 0 Å². The zero-order valence-electron chi connectivity index (χ0n) is 13.3. The number of aryl methyl sites for hydroxylation is 1. The molecule has 0 spiro atoms. The van der Waals surface area contributed by atoms with Crippen molar-refractivity contribution in [3.63, 3.8) is 0 Å². The van der Waals surface area contributed by atoms with E-state index in [1.165, 1.54) is 5.56 Å². The molecule has 3 heteroatoms. The van der Waals surface area contributed by atoms with E-state index in [-0.39, 0.29) is 11.2 Å². The Morgan fingerprint density at radius 3 is 2.68 bits per heavy atom. The van der Waals surface area contributed by atoms with Gasteiger partial charge in [-0.2, -0.15) is 5.26 Å². The summed E-state index contributed by atoms with van der Waals surface area (Å²) in [6.07, 6.45) is 8.38. The fourth-order valence-corrected chi connectivity index (χ4v) is 6.04. The summed E-state index contributed by atoms with van der Waals surface area (Å²) in [5, 5.41) is 9.90. The number of nitriles is 1. The fraction of sp³-hybridized carbons (Fsp3) is 0.526. The highest BCUT2D eigenvalue weighted by Crippen LogP contribution is 2.57. The lowest BCUT2D eigenvalue weighted by Gasteiger charge is -2.35. The molecular formula is C19H23NOS. The Morgan fingerprint density at radius 2 is 2.05 bits per heavy atom. The summed E-state index contributed by atoms with van der Waals surface area (Å²) in [5.74, 6) is 0.581. The van der Waals surface area contributed by atoms with Crippen molar-refractivity contribution in [2.24, 2.45) is 17.3 Å². The standard InChI is InChI=1S/C19H23NOS/c1-3-4-11-19(13-20)16-8-7-15(12-16)18(19)22(21)17-9-5-14(2)6-10-17/h5-10,15-16,18H,3-4,11-12H2,1-2H3/t15-,16+,18+,19-,22+/m1/s1. The smallest absolute Gasteiger partial charge is 0.0789 e. The van der Waals surface area contributed by atoms with Crippen LogP contribution in [0.4, 0.5) is 0 Å². The summed E-state index contributed by atoms with van der Waals surface area (Å²) in [6, 6.07) is 10.6. The van der Waals surface area contributed by atoms with Crippen LogP contribution in [-0.2, 0) is 10.8 Å². The maximum Gasteiger partial charge on any atom is 0.0789 e. The van der Waals surface area contributed by atoms with E-state index < -0.39 is 16.2 Å². The molecule has 1 aromatic carbocycles. The van der Waals surface area contributed by atoms with E-state index in [4.69, 9.17) is 0 Å². The van der Waals surface area contributed by atoms with Crippen molar-refractivity contribution >= 4 is 10.8 Å². The van der Waals surface area contributed by atoms with Crippen LogP contribution in [-0.4, -0.2) is 9.46 Å². The van der Waals surface area contributed by atoms with Gasteiger partial charge < -0.3 is 0 Å². The number of fused-ring (bicyclic) bond motifs is 2. The van der Waals surface area contributed by atoms with Gasteiger partial charge in [0, 0.05) is 4.90 Å². The second-order valence-electron chi connectivity index (χ2n) is 6.68. The lowest BCUT2D eigenvalue weighted by atomic mass is 9.73. The molecule has 1 saturated carbocycles. The molecule has 2 aliphatic rings. The highest BCUT2D eigenvalue weighted by molar-refractivity contribution is 7.85. The third-order valence-corrected chi connectivity index (χ3v) is 7.28. The molecule has 22 heavy (non-hydrogen) atoms. The van der Waals surface area contributed by atoms with Gasteiger partial charge in [0.2, 0.25) is 0 Å². The van der Waals surface area contributed by atoms with Crippen LogP contribution in [0.1, 0.15) is 38.2 Å². The first-order valence-electron chi connectivity index (χ1n) is 8.19. The Labute approximate surface area is 135 Å². The van der Waals surface area contributed by atoms with Crippen LogP contribution < -0.4 is 0 Å². The van der Waals surface area contributed by atoms with Gasteiger partial charge in [-0.15, -0.1) is 0 Å². The SMILES string of the molecule is CCCC[C@]1(C#N)[C@@H]([S@@](=O)c2ccc(C)cc2)[C@@H]2C=C[C@H]1C2. The van der Waals surface area contributed by atoms with Gasteiger partial charge in [0.05, 0.1) is 27.5 Å². The van der Waals surface area contributed by atoms with Crippen LogP contribution >= 0.6 is 0 Å². The summed E-state index contributed by atoms with van der Waals surface area (Å²) in [6.45, 7) is 4.19. The van der Waals surface area contributed by atoms with E-state index in [1.807, 2.05) is 31.2 Å². The number of nitrogens with zero attached hydrogens (tertiary/aromatic N) is 1. The molecule has 1 aromatic rings. The second-order valence-corrected chi connectivity index (χ2v) is 8.25. The monoisotopic (exact) mass is 313 g/mol. The molecule has 0 radical (unpaired) electrons. The van der Waals surface area contributed by atoms with Crippen molar-refractivity contribution in [1.29, 1.82) is 5.26 Å². The van der Waals surface area contributed by atoms with Crippen molar-refractivity contribution in [2.45, 2.75) is 49.7 Å². The first kappa shape index (κ1) is 15.5. The first-order chi connectivity index (χ1) is 10.6. The maximum absolute atomic E-state index is 13.2. The van der Waals surface area contributed by atoms with Crippen molar-refractivity contribution in [3.05, 3.63) is 42.0 Å². The minimum Gasteiger partial charge on any atom is -0.254 e. The Balaban J connectivity index is 1.96. The van der Waals surface area contributed by atoms with Gasteiger partial charge in [-0.1, -0.05) is 49.6 Å². The van der Waals surface area contributed by atoms with Crippen molar-refractivity contribution < 1.29 is 4.21 Å². The van der Waals surface area contributed by atoms with Crippen molar-refractivity contribution in [3.8, 4) is 6.07 Å². The molecule has 2 bridgehead atoms. The summed E-state index contributed by atoms with van der Waals surface area (Å²) in [7, 11) is -1.11. The van der Waals surface area contributed by atoms with Crippen LogP contribution in [0, 0.1) is 35.5 Å². The minimum absolute atomic E-state index is 0.0539. The van der Waals surface area contributed by atoms with E-state index in [1.54, 1.807) is 0 Å². The van der Waals surface area contributed by atoms with E-state index in [0.29, 0.717) is 5.92 Å². The molecule has 0 N–H and O–H groups in total. The Bertz CT molecular complexity index is 642. The molecular weight excluding hydrogens is 290 g/mol. The van der Waals surface area contributed by atoms with E-state index in [9.17, 15) is 9.47 Å². The second kappa shape index (κ2) is 6.01. The van der Waals surface area contributed by atoms with Crippen molar-refractivity contribution in [1.82, 2.24) is 0 Å². The predicted octanol–water partition coefficient (Wildman–Crippen LogP) is 4.38. The maximum atomic E-state index is 13.2. The molecule has 2 aliphatic carbocycles. The summed E-state index contributed by atoms with van der Waals surface area (Å²) in [5.41, 5.74) is 0.733. The van der Waals surface area contributed by atoms with Gasteiger partial charge in [0.15, 0.2) is 0 Å². The number of allylic oxidation sites excluding steroid dienone is 2. The molecule has 0 saturated heterocycles. The number of rotatable bonds is 5. The summed E-state index contributed by atoms with van der Waals surface area (Å²) < 4.78 is 13.2. The first-order valence-corrected chi connectivity index (χ1v) is 9.40. The normalized spacial score (nSPS) is 33.8. The predicted molar refractivity (Wildman–Crippen MR) is 89.7 cm³/mol. The van der Waals surface area contributed by atoms with Gasteiger partial charge in [-0.3, -0.25) is 4.21 Å². The number of hydrogen-bond acceptors (Lipinski definition) is 2. The lowest BCUT2D eigenvalue weighted by molar-refractivity contribution is 0.297. The van der Waals surface area contributed by atoms with Gasteiger partial charge in [0.1, 0.15) is 0 Å². The molecule has 0 amide bonds. The Morgan fingerprint density at radius 1 is 1.32 bits per heavy atom. The van der Waals surface area contributed by atoms with Crippen LogP contribution in [0.15, 0.2) is 41.3 Å². The largest absolute Gasteiger partial charge is 0.254 e. The molecule has 2 nitrogen and oxygen atoms in total. The van der Waals surface area contributed by atoms with E-state index >= 15 is 0 Å². The molecule has 116 valence electrons. The molecule has 0 unspecified atom stereocenters. The molecule has 0 aromatic heterocycles. The van der Waals surface area contributed by atoms with Gasteiger partial charge in [-0.25, -0.2) is 0 Å². The number of unbranched alkanes of at least 4 members (excludes halogenated alkanes) is 1. The van der Waals surface area contributed by atoms with E-state index in [2.05, 4.69) is 25.1 Å². The van der Waals surface area contributed by atoms with Crippen LogP contribution in [0.5, 0.6) is 0 Å². The van der Waals surface area contributed by atoms with Crippen LogP contribution in [0.3, 0.4) is 0 Å². The number of hydrogen-bond donors (Lipinski definition) is 0. The van der Waals surface area contributed by atoms with Gasteiger partial charge in [-0.05, 0) is 43.7 Å². The van der Waals surface area contributed by atoms with Gasteiger partial charge in [0.25, 0.3) is 0 Å². The fourth-order valence-electron chi connectivity index (χ4n) is 4.09. The lowest BCUT2D eigenvalue weighted by Crippen LogP contribution is -2.40. The summed E-state index contributed by atoms with van der Waals surface area (Å²) >= 11 is 0. The minimum atomic E-state index is -1.11. The van der Waals surface area contributed by atoms with E-state index in [0.717, 1.165) is 30.6 Å². The van der Waals surface area contributed by atoms with Crippen molar-refractivity contribution in [2.75, 3.05) is 0 Å². The Kier molecular flexibility index (Phi) is 4.23. The Hall–Kier alpha value is -1.40. The zero-order chi connectivity index (χ0) is 15.7.